The molecule has 0 saturated carbocycles. The van der Waals surface area contributed by atoms with Gasteiger partial charge in [-0.15, -0.1) is 0 Å². The number of H-pyrrole nitrogens is 2. The van der Waals surface area contributed by atoms with Crippen LogP contribution in [-0.4, -0.2) is 20.9 Å². The molecule has 3 rings (SSSR count). The van der Waals surface area contributed by atoms with E-state index < -0.39 is 0 Å². The number of imidazole rings is 1. The molecule has 5 nitrogen and oxygen atoms in total. The van der Waals surface area contributed by atoms with Gasteiger partial charge in [-0.05, 0) is 32.4 Å². The first-order valence-corrected chi connectivity index (χ1v) is 7.41. The Morgan fingerprint density at radius 2 is 2.05 bits per heavy atom. The second kappa shape index (κ2) is 5.67. The van der Waals surface area contributed by atoms with Crippen molar-refractivity contribution in [3.05, 3.63) is 53.2 Å². The molecule has 0 aliphatic heterocycles. The Labute approximate surface area is 129 Å². The van der Waals surface area contributed by atoms with Crippen molar-refractivity contribution >= 4 is 16.8 Å². The van der Waals surface area contributed by atoms with Crippen molar-refractivity contribution in [2.75, 3.05) is 0 Å². The molecule has 3 aromatic rings. The van der Waals surface area contributed by atoms with Crippen LogP contribution in [0.5, 0.6) is 0 Å². The standard InChI is InChI=1S/C17H20N4O/c1-10-9-18-17(19-10)12(3)21-16(22)8-14-11(2)20-15-7-5-4-6-13(14)15/h4-7,9,12,20H,8H2,1-3H3,(H,18,19)(H,21,22). The highest BCUT2D eigenvalue weighted by Gasteiger charge is 2.16. The Bertz CT molecular complexity index is 815. The highest BCUT2D eigenvalue weighted by atomic mass is 16.1. The van der Waals surface area contributed by atoms with Crippen LogP contribution >= 0.6 is 0 Å². The summed E-state index contributed by atoms with van der Waals surface area (Å²) in [6.45, 7) is 5.88. The van der Waals surface area contributed by atoms with Gasteiger partial charge in [-0.25, -0.2) is 4.98 Å². The molecule has 0 spiro atoms. The van der Waals surface area contributed by atoms with E-state index in [4.69, 9.17) is 0 Å². The molecule has 1 unspecified atom stereocenters. The van der Waals surface area contributed by atoms with E-state index in [0.717, 1.165) is 33.7 Å². The molecular weight excluding hydrogens is 276 g/mol. The molecule has 2 heterocycles. The second-order valence-electron chi connectivity index (χ2n) is 5.69. The Kier molecular flexibility index (Phi) is 3.71. The first kappa shape index (κ1) is 14.4. The van der Waals surface area contributed by atoms with Crippen LogP contribution in [0.3, 0.4) is 0 Å². The van der Waals surface area contributed by atoms with Gasteiger partial charge in [0.1, 0.15) is 5.82 Å². The van der Waals surface area contributed by atoms with E-state index >= 15 is 0 Å². The van der Waals surface area contributed by atoms with E-state index in [2.05, 4.69) is 20.3 Å². The molecule has 3 N–H and O–H groups in total. The number of amides is 1. The van der Waals surface area contributed by atoms with Crippen molar-refractivity contribution in [1.82, 2.24) is 20.3 Å². The third-order valence-corrected chi connectivity index (χ3v) is 3.87. The van der Waals surface area contributed by atoms with Gasteiger partial charge in [0.05, 0.1) is 12.5 Å². The average Bonchev–Trinajstić information content (AvgIpc) is 3.04. The van der Waals surface area contributed by atoms with Crippen molar-refractivity contribution in [3.8, 4) is 0 Å². The molecule has 5 heteroatoms. The molecule has 0 saturated heterocycles. The quantitative estimate of drug-likeness (QED) is 0.692. The van der Waals surface area contributed by atoms with Gasteiger partial charge in [0.25, 0.3) is 0 Å². The third kappa shape index (κ3) is 2.74. The smallest absolute Gasteiger partial charge is 0.225 e. The maximum atomic E-state index is 12.3. The minimum Gasteiger partial charge on any atom is -0.358 e. The van der Waals surface area contributed by atoms with Gasteiger partial charge in [-0.3, -0.25) is 4.79 Å². The van der Waals surface area contributed by atoms with Crippen LogP contribution in [0.1, 0.15) is 35.7 Å². The summed E-state index contributed by atoms with van der Waals surface area (Å²) < 4.78 is 0. The number of hydrogen-bond donors (Lipinski definition) is 3. The zero-order valence-corrected chi connectivity index (χ0v) is 13.0. The molecular formula is C17H20N4O. The van der Waals surface area contributed by atoms with Gasteiger partial charge >= 0.3 is 0 Å². The molecule has 2 aromatic heterocycles. The summed E-state index contributed by atoms with van der Waals surface area (Å²) in [5.41, 5.74) is 4.15. The number of benzene rings is 1. The molecule has 0 aliphatic rings. The van der Waals surface area contributed by atoms with Crippen LogP contribution in [0.4, 0.5) is 0 Å². The molecule has 0 aliphatic carbocycles. The first-order chi connectivity index (χ1) is 10.5. The van der Waals surface area contributed by atoms with Crippen LogP contribution in [-0.2, 0) is 11.2 Å². The third-order valence-electron chi connectivity index (χ3n) is 3.87. The summed E-state index contributed by atoms with van der Waals surface area (Å²) in [5.74, 6) is 0.774. The second-order valence-corrected chi connectivity index (χ2v) is 5.69. The highest BCUT2D eigenvalue weighted by molar-refractivity contribution is 5.90. The van der Waals surface area contributed by atoms with E-state index in [-0.39, 0.29) is 11.9 Å². The predicted octanol–water partition coefficient (Wildman–Crippen LogP) is 2.93. The maximum absolute atomic E-state index is 12.3. The van der Waals surface area contributed by atoms with Gasteiger partial charge in [-0.1, -0.05) is 18.2 Å². The number of rotatable bonds is 4. The lowest BCUT2D eigenvalue weighted by Gasteiger charge is -2.11. The number of para-hydroxylation sites is 1. The number of carbonyl (C=O) groups is 1. The SMILES string of the molecule is Cc1cnc(C(C)NC(=O)Cc2c(C)[nH]c3ccccc23)[nH]1. The van der Waals surface area contributed by atoms with Crippen LogP contribution in [0.2, 0.25) is 0 Å². The van der Waals surface area contributed by atoms with Crippen molar-refractivity contribution in [1.29, 1.82) is 0 Å². The average molecular weight is 296 g/mol. The minimum absolute atomic E-state index is 0.00518. The van der Waals surface area contributed by atoms with E-state index in [1.165, 1.54) is 0 Å². The van der Waals surface area contributed by atoms with Gasteiger partial charge in [0, 0.05) is 28.5 Å². The highest BCUT2D eigenvalue weighted by Crippen LogP contribution is 2.22. The van der Waals surface area contributed by atoms with E-state index in [9.17, 15) is 4.79 Å². The Hall–Kier alpha value is -2.56. The fraction of sp³-hybridized carbons (Fsp3) is 0.294. The summed E-state index contributed by atoms with van der Waals surface area (Å²) in [4.78, 5) is 23.1. The van der Waals surface area contributed by atoms with E-state index in [1.54, 1.807) is 6.20 Å². The lowest BCUT2D eigenvalue weighted by Crippen LogP contribution is -2.28. The molecule has 1 aromatic carbocycles. The topological polar surface area (TPSA) is 73.6 Å². The van der Waals surface area contributed by atoms with E-state index in [1.807, 2.05) is 45.0 Å². The van der Waals surface area contributed by atoms with Gasteiger partial charge in [0.2, 0.25) is 5.91 Å². The summed E-state index contributed by atoms with van der Waals surface area (Å²) >= 11 is 0. The summed E-state index contributed by atoms with van der Waals surface area (Å²) in [6, 6.07) is 7.92. The summed E-state index contributed by atoms with van der Waals surface area (Å²) in [7, 11) is 0. The van der Waals surface area contributed by atoms with Crippen LogP contribution in [0, 0.1) is 13.8 Å². The van der Waals surface area contributed by atoms with Crippen molar-refractivity contribution in [2.24, 2.45) is 0 Å². The predicted molar refractivity (Wildman–Crippen MR) is 86.6 cm³/mol. The zero-order valence-electron chi connectivity index (χ0n) is 13.0. The maximum Gasteiger partial charge on any atom is 0.225 e. The first-order valence-electron chi connectivity index (χ1n) is 7.41. The van der Waals surface area contributed by atoms with Crippen LogP contribution in [0.15, 0.2) is 30.5 Å². The van der Waals surface area contributed by atoms with Gasteiger partial charge in [0.15, 0.2) is 0 Å². The number of carbonyl (C=O) groups excluding carboxylic acids is 1. The Morgan fingerprint density at radius 3 is 2.77 bits per heavy atom. The van der Waals surface area contributed by atoms with Crippen molar-refractivity contribution in [3.63, 3.8) is 0 Å². The largest absolute Gasteiger partial charge is 0.358 e. The summed E-state index contributed by atoms with van der Waals surface area (Å²) in [5, 5.41) is 4.10. The molecule has 0 bridgehead atoms. The number of aromatic amines is 2. The molecule has 22 heavy (non-hydrogen) atoms. The van der Waals surface area contributed by atoms with Gasteiger partial charge < -0.3 is 15.3 Å². The van der Waals surface area contributed by atoms with Crippen LogP contribution < -0.4 is 5.32 Å². The Balaban J connectivity index is 1.74. The number of aromatic nitrogens is 3. The minimum atomic E-state index is -0.133. The zero-order chi connectivity index (χ0) is 15.7. The lowest BCUT2D eigenvalue weighted by molar-refractivity contribution is -0.121. The summed E-state index contributed by atoms with van der Waals surface area (Å²) in [6.07, 6.45) is 2.13. The normalized spacial score (nSPS) is 12.5. The lowest BCUT2D eigenvalue weighted by atomic mass is 10.1. The van der Waals surface area contributed by atoms with E-state index in [0.29, 0.717) is 6.42 Å². The fourth-order valence-electron chi connectivity index (χ4n) is 2.74. The number of nitrogens with one attached hydrogen (secondary N) is 3. The number of fused-ring (bicyclic) bond motifs is 1. The monoisotopic (exact) mass is 296 g/mol. The Morgan fingerprint density at radius 1 is 1.27 bits per heavy atom. The van der Waals surface area contributed by atoms with Crippen molar-refractivity contribution < 1.29 is 4.79 Å². The number of nitrogens with zero attached hydrogens (tertiary/aromatic N) is 1. The van der Waals surface area contributed by atoms with Crippen LogP contribution in [0.25, 0.3) is 10.9 Å². The molecule has 1 atom stereocenters. The number of hydrogen-bond acceptors (Lipinski definition) is 2. The number of aryl methyl sites for hydroxylation is 2. The molecule has 0 radical (unpaired) electrons. The molecule has 114 valence electrons. The molecule has 0 fully saturated rings. The molecule has 1 amide bonds. The van der Waals surface area contributed by atoms with Crippen molar-refractivity contribution in [2.45, 2.75) is 33.2 Å². The fourth-order valence-corrected chi connectivity index (χ4v) is 2.74. The van der Waals surface area contributed by atoms with Gasteiger partial charge in [-0.2, -0.15) is 0 Å².